The van der Waals surface area contributed by atoms with E-state index in [-0.39, 0.29) is 24.1 Å². The maximum Gasteiger partial charge on any atom is 0.236 e. The van der Waals surface area contributed by atoms with E-state index in [9.17, 15) is 9.18 Å². The third-order valence-corrected chi connectivity index (χ3v) is 5.02. The lowest BCUT2D eigenvalue weighted by Gasteiger charge is -2.34. The van der Waals surface area contributed by atoms with E-state index in [4.69, 9.17) is 0 Å². The van der Waals surface area contributed by atoms with Gasteiger partial charge in [0.1, 0.15) is 10.8 Å². The molecular weight excluding hydrogens is 363 g/mol. The molecule has 0 spiro atoms. The molecule has 5 nitrogen and oxygen atoms in total. The summed E-state index contributed by atoms with van der Waals surface area (Å²) < 4.78 is 13.0. The SMILES string of the molecule is CNCC(=O)N1CCN(Cc2csc(-c3ccc(F)cc3)n2)CC1.Cl. The zero-order valence-electron chi connectivity index (χ0n) is 14.1. The summed E-state index contributed by atoms with van der Waals surface area (Å²) in [6, 6.07) is 6.42. The number of carbonyl (C=O) groups excluding carboxylic acids is 1. The fraction of sp³-hybridized carbons (Fsp3) is 0.412. The molecular formula is C17H22ClFN4OS. The minimum Gasteiger partial charge on any atom is -0.339 e. The molecule has 1 amide bonds. The van der Waals surface area contributed by atoms with Crippen LogP contribution < -0.4 is 5.32 Å². The van der Waals surface area contributed by atoms with Crippen molar-refractivity contribution in [2.24, 2.45) is 0 Å². The average molecular weight is 385 g/mol. The second-order valence-electron chi connectivity index (χ2n) is 5.84. The van der Waals surface area contributed by atoms with E-state index >= 15 is 0 Å². The van der Waals surface area contributed by atoms with Crippen molar-refractivity contribution in [3.63, 3.8) is 0 Å². The molecule has 0 unspecified atom stereocenters. The molecule has 1 aromatic heterocycles. The second kappa shape index (κ2) is 9.24. The Kier molecular flexibility index (Phi) is 7.31. The Morgan fingerprint density at radius 2 is 1.92 bits per heavy atom. The average Bonchev–Trinajstić information content (AvgIpc) is 3.05. The largest absolute Gasteiger partial charge is 0.339 e. The van der Waals surface area contributed by atoms with Crippen molar-refractivity contribution in [1.29, 1.82) is 0 Å². The number of benzene rings is 1. The number of hydrogen-bond donors (Lipinski definition) is 1. The smallest absolute Gasteiger partial charge is 0.236 e. The van der Waals surface area contributed by atoms with Crippen molar-refractivity contribution in [3.05, 3.63) is 41.2 Å². The van der Waals surface area contributed by atoms with Crippen molar-refractivity contribution < 1.29 is 9.18 Å². The number of aromatic nitrogens is 1. The minimum atomic E-state index is -0.235. The fourth-order valence-electron chi connectivity index (χ4n) is 2.75. The van der Waals surface area contributed by atoms with Crippen LogP contribution in [0.2, 0.25) is 0 Å². The lowest BCUT2D eigenvalue weighted by Crippen LogP contribution is -2.50. The van der Waals surface area contributed by atoms with Crippen LogP contribution in [0.4, 0.5) is 4.39 Å². The van der Waals surface area contributed by atoms with Gasteiger partial charge in [-0.3, -0.25) is 9.69 Å². The Bertz CT molecular complexity index is 686. The van der Waals surface area contributed by atoms with Crippen LogP contribution in [0.15, 0.2) is 29.6 Å². The molecule has 1 aliphatic heterocycles. The van der Waals surface area contributed by atoms with Gasteiger partial charge in [0.05, 0.1) is 12.2 Å². The summed E-state index contributed by atoms with van der Waals surface area (Å²) >= 11 is 1.58. The summed E-state index contributed by atoms with van der Waals surface area (Å²) in [7, 11) is 1.79. The molecule has 1 saturated heterocycles. The zero-order valence-corrected chi connectivity index (χ0v) is 15.7. The summed E-state index contributed by atoms with van der Waals surface area (Å²) in [4.78, 5) is 20.7. The molecule has 8 heteroatoms. The van der Waals surface area contributed by atoms with E-state index in [0.717, 1.165) is 49.0 Å². The number of likely N-dealkylation sites (N-methyl/N-ethyl adjacent to an activating group) is 1. The molecule has 25 heavy (non-hydrogen) atoms. The highest BCUT2D eigenvalue weighted by Gasteiger charge is 2.21. The van der Waals surface area contributed by atoms with Crippen LogP contribution in [-0.4, -0.2) is 60.5 Å². The second-order valence-corrected chi connectivity index (χ2v) is 6.70. The van der Waals surface area contributed by atoms with Crippen LogP contribution in [0.3, 0.4) is 0 Å². The van der Waals surface area contributed by atoms with E-state index < -0.39 is 0 Å². The Labute approximate surface area is 157 Å². The van der Waals surface area contributed by atoms with Gasteiger partial charge in [-0.05, 0) is 31.3 Å². The summed E-state index contributed by atoms with van der Waals surface area (Å²) in [6.07, 6.45) is 0. The molecule has 0 radical (unpaired) electrons. The first kappa shape index (κ1) is 19.8. The summed E-state index contributed by atoms with van der Waals surface area (Å²) in [5.41, 5.74) is 1.96. The quantitative estimate of drug-likeness (QED) is 0.858. The summed E-state index contributed by atoms with van der Waals surface area (Å²) in [6.45, 7) is 4.42. The van der Waals surface area contributed by atoms with E-state index in [2.05, 4.69) is 20.6 Å². The van der Waals surface area contributed by atoms with Crippen molar-refractivity contribution in [1.82, 2.24) is 20.1 Å². The number of carbonyl (C=O) groups is 1. The molecule has 1 fully saturated rings. The van der Waals surface area contributed by atoms with Gasteiger partial charge in [0.25, 0.3) is 0 Å². The van der Waals surface area contributed by atoms with Gasteiger partial charge in [0.2, 0.25) is 5.91 Å². The minimum absolute atomic E-state index is 0. The molecule has 3 rings (SSSR count). The Balaban J connectivity index is 0.00000225. The Morgan fingerprint density at radius 3 is 2.56 bits per heavy atom. The van der Waals surface area contributed by atoms with Gasteiger partial charge in [-0.2, -0.15) is 0 Å². The van der Waals surface area contributed by atoms with Gasteiger partial charge < -0.3 is 10.2 Å². The van der Waals surface area contributed by atoms with Gasteiger partial charge in [0.15, 0.2) is 0 Å². The molecule has 0 atom stereocenters. The number of rotatable bonds is 5. The number of amides is 1. The molecule has 2 heterocycles. The standard InChI is InChI=1S/C17H21FN4OS.ClH/c1-19-10-16(23)22-8-6-21(7-9-22)11-15-12-24-17(20-15)13-2-4-14(18)5-3-13;/h2-5,12,19H,6-11H2,1H3;1H. The van der Waals surface area contributed by atoms with Gasteiger partial charge in [0, 0.05) is 43.7 Å². The van der Waals surface area contributed by atoms with Crippen molar-refractivity contribution in [2.45, 2.75) is 6.54 Å². The maximum absolute atomic E-state index is 13.0. The van der Waals surface area contributed by atoms with E-state index in [1.165, 1.54) is 12.1 Å². The molecule has 0 aliphatic carbocycles. The number of hydrogen-bond acceptors (Lipinski definition) is 5. The third kappa shape index (κ3) is 5.22. The normalized spacial score (nSPS) is 15.0. The first-order chi connectivity index (χ1) is 11.7. The fourth-order valence-corrected chi connectivity index (χ4v) is 3.57. The van der Waals surface area contributed by atoms with Crippen molar-refractivity contribution >= 4 is 29.7 Å². The number of thiazole rings is 1. The number of piperazine rings is 1. The predicted octanol–water partition coefficient (Wildman–Crippen LogP) is 2.23. The maximum atomic E-state index is 13.0. The molecule has 2 aromatic rings. The Morgan fingerprint density at radius 1 is 1.24 bits per heavy atom. The van der Waals surface area contributed by atoms with Crippen LogP contribution in [0.1, 0.15) is 5.69 Å². The van der Waals surface area contributed by atoms with Crippen LogP contribution >= 0.6 is 23.7 Å². The first-order valence-electron chi connectivity index (χ1n) is 8.01. The van der Waals surface area contributed by atoms with E-state index in [1.807, 2.05) is 4.90 Å². The van der Waals surface area contributed by atoms with E-state index in [1.54, 1.807) is 30.5 Å². The van der Waals surface area contributed by atoms with Crippen LogP contribution in [0.5, 0.6) is 0 Å². The number of nitrogens with one attached hydrogen (secondary N) is 1. The lowest BCUT2D eigenvalue weighted by molar-refractivity contribution is -0.131. The highest BCUT2D eigenvalue weighted by atomic mass is 35.5. The topological polar surface area (TPSA) is 48.5 Å². The summed E-state index contributed by atoms with van der Waals surface area (Å²) in [5, 5.41) is 5.86. The first-order valence-corrected chi connectivity index (χ1v) is 8.89. The third-order valence-electron chi connectivity index (χ3n) is 4.08. The van der Waals surface area contributed by atoms with Gasteiger partial charge in [-0.15, -0.1) is 23.7 Å². The van der Waals surface area contributed by atoms with Crippen LogP contribution in [-0.2, 0) is 11.3 Å². The van der Waals surface area contributed by atoms with Crippen LogP contribution in [0.25, 0.3) is 10.6 Å². The number of halogens is 2. The van der Waals surface area contributed by atoms with Crippen LogP contribution in [0, 0.1) is 5.82 Å². The highest BCUT2D eigenvalue weighted by Crippen LogP contribution is 2.24. The predicted molar refractivity (Wildman–Crippen MR) is 101 cm³/mol. The molecule has 0 saturated carbocycles. The van der Waals surface area contributed by atoms with E-state index in [0.29, 0.717) is 6.54 Å². The zero-order chi connectivity index (χ0) is 16.9. The molecule has 1 N–H and O–H groups in total. The lowest BCUT2D eigenvalue weighted by atomic mass is 10.2. The molecule has 136 valence electrons. The van der Waals surface area contributed by atoms with Gasteiger partial charge in [-0.1, -0.05) is 0 Å². The van der Waals surface area contributed by atoms with Gasteiger partial charge in [-0.25, -0.2) is 9.37 Å². The van der Waals surface area contributed by atoms with Gasteiger partial charge >= 0.3 is 0 Å². The Hall–Kier alpha value is -1.54. The molecule has 1 aliphatic rings. The monoisotopic (exact) mass is 384 g/mol. The molecule has 0 bridgehead atoms. The number of nitrogens with zero attached hydrogens (tertiary/aromatic N) is 3. The van der Waals surface area contributed by atoms with Crippen molar-refractivity contribution in [3.8, 4) is 10.6 Å². The van der Waals surface area contributed by atoms with Crippen molar-refractivity contribution in [2.75, 3.05) is 39.8 Å². The molecule has 1 aromatic carbocycles. The summed E-state index contributed by atoms with van der Waals surface area (Å²) in [5.74, 6) is -0.0781. The highest BCUT2D eigenvalue weighted by molar-refractivity contribution is 7.13.